The van der Waals surface area contributed by atoms with E-state index in [1.54, 1.807) is 18.5 Å². The largest absolute Gasteiger partial charge is 0.435 e. The molecular weight excluding hydrogens is 897 g/mol. The number of alkyl halides is 5. The Morgan fingerprint density at radius 2 is 1.61 bits per heavy atom. The number of imidazole rings is 1. The van der Waals surface area contributed by atoms with Gasteiger partial charge in [0.25, 0.3) is 11.8 Å². The molecule has 66 heavy (non-hydrogen) atoms. The van der Waals surface area contributed by atoms with Gasteiger partial charge in [-0.3, -0.25) is 14.3 Å². The summed E-state index contributed by atoms with van der Waals surface area (Å²) in [4.78, 5) is 47.7. The summed E-state index contributed by atoms with van der Waals surface area (Å²) in [6, 6.07) is 14.4. The van der Waals surface area contributed by atoms with Crippen molar-refractivity contribution in [3.05, 3.63) is 130 Å². The Labute approximate surface area is 374 Å². The zero-order valence-electron chi connectivity index (χ0n) is 34.9. The summed E-state index contributed by atoms with van der Waals surface area (Å²) in [5, 5.41) is 6.69. The lowest BCUT2D eigenvalue weighted by Gasteiger charge is -2.36. The Balaban J connectivity index is 1.09. The Bertz CT molecular complexity index is 2960. The summed E-state index contributed by atoms with van der Waals surface area (Å²) in [5.74, 6) is -10.9. The summed E-state index contributed by atoms with van der Waals surface area (Å²) >= 11 is 1.28. The number of fused-ring (bicyclic) bond motifs is 2. The van der Waals surface area contributed by atoms with Gasteiger partial charge in [0.2, 0.25) is 5.91 Å². The molecule has 4 aromatic heterocycles. The van der Waals surface area contributed by atoms with E-state index in [1.165, 1.54) is 30.4 Å². The SMILES string of the molecule is C[C@@H]1c2c(C(F)(F)F)nn(CC(=O)N[C@@H](Cc3cc(F)cc(F)c3)c3nc4nc(N5CCN(c6ccc(-c7ncc[nH]7)cc6)CC5)sc4cc3-c3ccc(F)c(C(N)=O)c3)c2C(F)(F)[C@@H]1C. The Morgan fingerprint density at radius 1 is 0.924 bits per heavy atom. The highest BCUT2D eigenvalue weighted by Crippen LogP contribution is 2.55. The van der Waals surface area contributed by atoms with Gasteiger partial charge in [0.05, 0.1) is 22.0 Å². The van der Waals surface area contributed by atoms with Gasteiger partial charge in [-0.2, -0.15) is 32.0 Å². The van der Waals surface area contributed by atoms with Gasteiger partial charge in [0.15, 0.2) is 16.5 Å². The second kappa shape index (κ2) is 16.8. The molecule has 2 amide bonds. The van der Waals surface area contributed by atoms with E-state index in [-0.39, 0.29) is 28.0 Å². The lowest BCUT2D eigenvalue weighted by atomic mass is 9.94. The molecule has 9 rings (SSSR count). The number of carbonyl (C=O) groups is 2. The summed E-state index contributed by atoms with van der Waals surface area (Å²) in [6.45, 7) is 3.63. The molecule has 0 unspecified atom stereocenters. The molecule has 21 heteroatoms. The van der Waals surface area contributed by atoms with E-state index in [2.05, 4.69) is 30.2 Å². The van der Waals surface area contributed by atoms with Crippen LogP contribution in [-0.4, -0.2) is 67.7 Å². The summed E-state index contributed by atoms with van der Waals surface area (Å²) in [5.41, 5.74) is 4.22. The molecule has 7 aromatic rings. The Morgan fingerprint density at radius 3 is 2.26 bits per heavy atom. The molecule has 0 radical (unpaired) electrons. The molecule has 3 atom stereocenters. The summed E-state index contributed by atoms with van der Waals surface area (Å²) < 4.78 is 119. The number of aromatic nitrogens is 6. The number of hydrogen-bond donors (Lipinski definition) is 3. The molecule has 12 nitrogen and oxygen atoms in total. The van der Waals surface area contributed by atoms with Crippen molar-refractivity contribution >= 4 is 44.3 Å². The van der Waals surface area contributed by atoms with Crippen LogP contribution < -0.4 is 20.9 Å². The van der Waals surface area contributed by atoms with Crippen LogP contribution in [0.5, 0.6) is 0 Å². The Kier molecular flexibility index (Phi) is 11.3. The number of anilines is 2. The second-order valence-corrected chi connectivity index (χ2v) is 17.3. The first kappa shape index (κ1) is 44.3. The van der Waals surface area contributed by atoms with E-state index in [1.807, 2.05) is 24.3 Å². The molecule has 1 saturated heterocycles. The molecule has 342 valence electrons. The third kappa shape index (κ3) is 8.30. The number of nitrogens with zero attached hydrogens (tertiary/aromatic N) is 7. The number of pyridine rings is 1. The number of carbonyl (C=O) groups excluding carboxylic acids is 2. The summed E-state index contributed by atoms with van der Waals surface area (Å²) in [6.07, 6.45) is -2.09. The zero-order chi connectivity index (χ0) is 46.8. The van der Waals surface area contributed by atoms with Crippen LogP contribution in [-0.2, 0) is 29.9 Å². The van der Waals surface area contributed by atoms with Crippen LogP contribution >= 0.6 is 11.3 Å². The quantitative estimate of drug-likeness (QED) is 0.109. The van der Waals surface area contributed by atoms with Gasteiger partial charge in [0.1, 0.15) is 35.5 Å². The molecule has 5 heterocycles. The smallest absolute Gasteiger partial charge is 0.368 e. The van der Waals surface area contributed by atoms with Crippen LogP contribution in [0.15, 0.2) is 79.1 Å². The standard InChI is InChI=1S/C45H38F8N10O2S/c1-22-23(2)44(49,50)39-36(22)38(45(51,52)53)60-63(39)21-35(64)57-33(17-24-15-27(46)19-28(47)16-24)37-30(26-5-8-32(48)31(18-26)40(54)65)20-34-42(58-37)59-43(66-34)62-13-11-61(12-14-62)29-6-3-25(4-7-29)41-55-9-10-56-41/h3-10,15-16,18-20,22-23,33H,11-14,17,21H2,1-2H3,(H2,54,65)(H,55,56)(H,57,64)/t22-,23+,33-/m0/s1. The highest BCUT2D eigenvalue weighted by atomic mass is 32.1. The van der Waals surface area contributed by atoms with Crippen molar-refractivity contribution in [2.75, 3.05) is 36.0 Å². The van der Waals surface area contributed by atoms with Crippen LogP contribution in [0.3, 0.4) is 0 Å². The second-order valence-electron chi connectivity index (χ2n) is 16.3. The molecular formula is C45H38F8N10O2S. The van der Waals surface area contributed by atoms with E-state index >= 15 is 8.78 Å². The number of H-pyrrole nitrogens is 1. The number of aromatic amines is 1. The average Bonchev–Trinajstić information content (AvgIpc) is 4.07. The molecule has 0 saturated carbocycles. The number of rotatable bonds is 11. The van der Waals surface area contributed by atoms with Gasteiger partial charge in [-0.15, -0.1) is 0 Å². The molecule has 1 fully saturated rings. The van der Waals surface area contributed by atoms with Crippen LogP contribution in [0, 0.1) is 23.4 Å². The first-order valence-corrected chi connectivity index (χ1v) is 21.5. The van der Waals surface area contributed by atoms with Gasteiger partial charge in [0, 0.05) is 72.9 Å². The lowest BCUT2D eigenvalue weighted by molar-refractivity contribution is -0.143. The fourth-order valence-corrected chi connectivity index (χ4v) is 9.71. The van der Waals surface area contributed by atoms with Gasteiger partial charge in [-0.05, 0) is 78.1 Å². The van der Waals surface area contributed by atoms with Crippen molar-refractivity contribution in [1.29, 1.82) is 0 Å². The maximum absolute atomic E-state index is 15.7. The van der Waals surface area contributed by atoms with E-state index < -0.39 is 94.7 Å². The van der Waals surface area contributed by atoms with Crippen LogP contribution in [0.1, 0.15) is 64.4 Å². The first-order chi connectivity index (χ1) is 31.3. The number of thiazole rings is 1. The number of amides is 2. The van der Waals surface area contributed by atoms with Gasteiger partial charge in [-0.25, -0.2) is 23.1 Å². The fourth-order valence-electron chi connectivity index (χ4n) is 8.71. The number of nitrogens with one attached hydrogen (secondary N) is 2. The van der Waals surface area contributed by atoms with Gasteiger partial charge in [-0.1, -0.05) is 31.3 Å². The van der Waals surface area contributed by atoms with E-state index in [0.29, 0.717) is 46.8 Å². The third-order valence-electron chi connectivity index (χ3n) is 12.2. The number of halogens is 8. The number of primary amides is 1. The number of hydrogen-bond acceptors (Lipinski definition) is 9. The molecule has 1 aliphatic heterocycles. The van der Waals surface area contributed by atoms with Crippen molar-refractivity contribution < 1.29 is 44.7 Å². The van der Waals surface area contributed by atoms with Crippen LogP contribution in [0.2, 0.25) is 0 Å². The normalized spacial score (nSPS) is 17.6. The van der Waals surface area contributed by atoms with Gasteiger partial charge < -0.3 is 25.8 Å². The maximum Gasteiger partial charge on any atom is 0.435 e. The fraction of sp³-hybridized carbons (Fsp3) is 0.289. The van der Waals surface area contributed by atoms with Crippen LogP contribution in [0.25, 0.3) is 32.9 Å². The minimum Gasteiger partial charge on any atom is -0.368 e. The highest BCUT2D eigenvalue weighted by Gasteiger charge is 2.57. The topological polar surface area (TPSA) is 151 Å². The van der Waals surface area contributed by atoms with Crippen molar-refractivity contribution in [3.8, 4) is 22.5 Å². The maximum atomic E-state index is 15.7. The first-order valence-electron chi connectivity index (χ1n) is 20.7. The van der Waals surface area contributed by atoms with Crippen LogP contribution in [0.4, 0.5) is 45.9 Å². The number of benzene rings is 3. The van der Waals surface area contributed by atoms with E-state index in [0.717, 1.165) is 42.2 Å². The van der Waals surface area contributed by atoms with Crippen molar-refractivity contribution in [2.24, 2.45) is 11.7 Å². The third-order valence-corrected chi connectivity index (χ3v) is 13.2. The molecule has 4 N–H and O–H groups in total. The van der Waals surface area contributed by atoms with E-state index in [9.17, 15) is 35.9 Å². The van der Waals surface area contributed by atoms with Crippen molar-refractivity contribution in [2.45, 2.75) is 50.9 Å². The molecule has 2 aliphatic rings. The number of piperazine rings is 1. The Hall–Kier alpha value is -6.90. The minimum atomic E-state index is -5.12. The molecule has 1 aliphatic carbocycles. The zero-order valence-corrected chi connectivity index (χ0v) is 35.8. The average molecular weight is 935 g/mol. The predicted octanol–water partition coefficient (Wildman–Crippen LogP) is 8.75. The highest BCUT2D eigenvalue weighted by molar-refractivity contribution is 7.22. The van der Waals surface area contributed by atoms with Crippen molar-refractivity contribution in [1.82, 2.24) is 35.0 Å². The molecule has 3 aromatic carbocycles. The monoisotopic (exact) mass is 934 g/mol. The lowest BCUT2D eigenvalue weighted by Crippen LogP contribution is -2.46. The van der Waals surface area contributed by atoms with Gasteiger partial charge >= 0.3 is 6.18 Å². The van der Waals surface area contributed by atoms with E-state index in [4.69, 9.17) is 15.7 Å². The predicted molar refractivity (Wildman–Crippen MR) is 229 cm³/mol. The molecule has 0 bridgehead atoms. The van der Waals surface area contributed by atoms with Crippen molar-refractivity contribution in [3.63, 3.8) is 0 Å². The molecule has 0 spiro atoms. The summed E-state index contributed by atoms with van der Waals surface area (Å²) in [7, 11) is 0. The number of nitrogens with two attached hydrogens (primary N) is 1. The minimum absolute atomic E-state index is 0.00328.